The molecule has 0 fully saturated rings. The summed E-state index contributed by atoms with van der Waals surface area (Å²) in [6.07, 6.45) is 5.11. The van der Waals surface area contributed by atoms with Gasteiger partial charge in [0.25, 0.3) is 10.0 Å². The fraction of sp³-hybridized carbons (Fsp3) is 0.156. The van der Waals surface area contributed by atoms with Crippen LogP contribution in [-0.2, 0) is 21.3 Å². The summed E-state index contributed by atoms with van der Waals surface area (Å²) in [6, 6.07) is 23.4. The summed E-state index contributed by atoms with van der Waals surface area (Å²) >= 11 is 0. The van der Waals surface area contributed by atoms with Crippen molar-refractivity contribution in [1.82, 2.24) is 24.7 Å². The van der Waals surface area contributed by atoms with Crippen LogP contribution >= 0.6 is 0 Å². The lowest BCUT2D eigenvalue weighted by atomic mass is 10.0. The van der Waals surface area contributed by atoms with Gasteiger partial charge in [-0.05, 0) is 67.8 Å². The first-order chi connectivity index (χ1) is 20.6. The highest BCUT2D eigenvalue weighted by Crippen LogP contribution is 2.34. The van der Waals surface area contributed by atoms with E-state index in [2.05, 4.69) is 15.3 Å². The SMILES string of the molecule is CC(C)(C)OC(=O)NS(=O)(=O)C=Cc1cncc(-c2nc(NCc3ccccn3)c3c(-c4ccccc4)cccc3n2)c1. The van der Waals surface area contributed by atoms with Crippen LogP contribution in [0.25, 0.3) is 39.5 Å². The Bertz CT molecular complexity index is 1890. The van der Waals surface area contributed by atoms with Crippen LogP contribution in [0.2, 0.25) is 0 Å². The second-order valence-electron chi connectivity index (χ2n) is 10.6. The van der Waals surface area contributed by atoms with Crippen molar-refractivity contribution in [2.75, 3.05) is 5.32 Å². The van der Waals surface area contributed by atoms with Crippen molar-refractivity contribution >= 4 is 38.9 Å². The van der Waals surface area contributed by atoms with Gasteiger partial charge in [0, 0.05) is 24.2 Å². The Labute approximate surface area is 250 Å². The fourth-order valence-corrected chi connectivity index (χ4v) is 4.94. The van der Waals surface area contributed by atoms with E-state index in [0.29, 0.717) is 29.3 Å². The molecule has 43 heavy (non-hydrogen) atoms. The van der Waals surface area contributed by atoms with Crippen molar-refractivity contribution in [3.05, 3.63) is 108 Å². The number of nitrogens with zero attached hydrogens (tertiary/aromatic N) is 4. The lowest BCUT2D eigenvalue weighted by Crippen LogP contribution is -2.35. The smallest absolute Gasteiger partial charge is 0.421 e. The van der Waals surface area contributed by atoms with Gasteiger partial charge in [0.15, 0.2) is 5.82 Å². The van der Waals surface area contributed by atoms with Crippen LogP contribution in [0.1, 0.15) is 32.0 Å². The van der Waals surface area contributed by atoms with Gasteiger partial charge < -0.3 is 10.1 Å². The molecular formula is C32H30N6O4S. The van der Waals surface area contributed by atoms with E-state index >= 15 is 0 Å². The third-order valence-electron chi connectivity index (χ3n) is 6.05. The second-order valence-corrected chi connectivity index (χ2v) is 12.2. The van der Waals surface area contributed by atoms with Crippen LogP contribution in [0.15, 0.2) is 96.8 Å². The second kappa shape index (κ2) is 12.4. The number of ether oxygens (including phenoxy) is 1. The van der Waals surface area contributed by atoms with Gasteiger partial charge in [-0.25, -0.2) is 27.9 Å². The monoisotopic (exact) mass is 594 g/mol. The molecule has 0 bridgehead atoms. The summed E-state index contributed by atoms with van der Waals surface area (Å²) in [5, 5.41) is 5.18. The standard InChI is InChI=1S/C32H30N6O4S/c1-32(2,3)42-31(39)38-43(40,41)17-15-22-18-24(20-33-19-22)29-36-27-14-9-13-26(23-10-5-4-6-11-23)28(27)30(37-29)35-21-25-12-7-8-16-34-25/h4-20H,21H2,1-3H3,(H,38,39)(H,35,36,37). The van der Waals surface area contributed by atoms with Gasteiger partial charge in [-0.2, -0.15) is 0 Å². The predicted molar refractivity (Wildman–Crippen MR) is 167 cm³/mol. The van der Waals surface area contributed by atoms with Crippen LogP contribution in [0, 0.1) is 0 Å². The molecule has 10 nitrogen and oxygen atoms in total. The fourth-order valence-electron chi connectivity index (χ4n) is 4.26. The Morgan fingerprint density at radius 2 is 1.72 bits per heavy atom. The third kappa shape index (κ3) is 7.77. The lowest BCUT2D eigenvalue weighted by molar-refractivity contribution is 0.0571. The highest BCUT2D eigenvalue weighted by atomic mass is 32.2. The summed E-state index contributed by atoms with van der Waals surface area (Å²) in [4.78, 5) is 30.4. The van der Waals surface area contributed by atoms with Crippen LogP contribution in [0.4, 0.5) is 10.6 Å². The Morgan fingerprint density at radius 1 is 0.930 bits per heavy atom. The molecule has 0 aliphatic rings. The van der Waals surface area contributed by atoms with Crippen molar-refractivity contribution in [2.45, 2.75) is 32.9 Å². The van der Waals surface area contributed by atoms with Crippen LogP contribution in [0.3, 0.4) is 0 Å². The van der Waals surface area contributed by atoms with E-state index in [1.807, 2.05) is 71.5 Å². The molecule has 0 aliphatic heterocycles. The molecule has 218 valence electrons. The van der Waals surface area contributed by atoms with Crippen LogP contribution in [-0.4, -0.2) is 40.0 Å². The van der Waals surface area contributed by atoms with Crippen LogP contribution < -0.4 is 10.0 Å². The number of sulfonamides is 1. The van der Waals surface area contributed by atoms with E-state index in [1.165, 1.54) is 12.3 Å². The molecule has 0 radical (unpaired) electrons. The zero-order valence-electron chi connectivity index (χ0n) is 23.9. The van der Waals surface area contributed by atoms with Gasteiger partial charge in [-0.1, -0.05) is 48.5 Å². The topological polar surface area (TPSA) is 136 Å². The van der Waals surface area contributed by atoms with Gasteiger partial charge in [0.2, 0.25) is 0 Å². The van der Waals surface area contributed by atoms with E-state index in [1.54, 1.807) is 39.2 Å². The molecule has 3 heterocycles. The summed E-state index contributed by atoms with van der Waals surface area (Å²) in [5.41, 5.74) is 3.78. The first-order valence-electron chi connectivity index (χ1n) is 13.5. The van der Waals surface area contributed by atoms with Gasteiger partial charge in [-0.15, -0.1) is 0 Å². The molecular weight excluding hydrogens is 564 g/mol. The number of pyridine rings is 2. The summed E-state index contributed by atoms with van der Waals surface area (Å²) in [6.45, 7) is 5.37. The van der Waals surface area contributed by atoms with Gasteiger partial charge in [0.1, 0.15) is 11.4 Å². The van der Waals surface area contributed by atoms with E-state index in [9.17, 15) is 13.2 Å². The Hall–Kier alpha value is -5.16. The summed E-state index contributed by atoms with van der Waals surface area (Å²) in [5.74, 6) is 1.02. The van der Waals surface area contributed by atoms with Crippen molar-refractivity contribution in [2.24, 2.45) is 0 Å². The number of hydrogen-bond donors (Lipinski definition) is 2. The highest BCUT2D eigenvalue weighted by Gasteiger charge is 2.20. The maximum Gasteiger partial charge on any atom is 0.421 e. The molecule has 0 spiro atoms. The Kier molecular flexibility index (Phi) is 8.44. The zero-order valence-corrected chi connectivity index (χ0v) is 24.7. The van der Waals surface area contributed by atoms with Crippen molar-refractivity contribution in [3.8, 4) is 22.5 Å². The van der Waals surface area contributed by atoms with Gasteiger partial charge >= 0.3 is 6.09 Å². The third-order valence-corrected chi connectivity index (χ3v) is 7.00. The average Bonchev–Trinajstić information content (AvgIpc) is 2.98. The number of amides is 1. The first kappa shape index (κ1) is 29.3. The summed E-state index contributed by atoms with van der Waals surface area (Å²) < 4.78 is 31.8. The number of aromatic nitrogens is 4. The molecule has 0 atom stereocenters. The minimum Gasteiger partial charge on any atom is -0.443 e. The molecule has 11 heteroatoms. The normalized spacial score (nSPS) is 11.9. The van der Waals surface area contributed by atoms with Crippen molar-refractivity contribution in [3.63, 3.8) is 0 Å². The number of rotatable bonds is 8. The molecule has 0 saturated carbocycles. The maximum atomic E-state index is 12.4. The quantitative estimate of drug-likeness (QED) is 0.215. The number of carbonyl (C=O) groups excluding carboxylic acids is 1. The van der Waals surface area contributed by atoms with Gasteiger partial charge in [0.05, 0.1) is 28.5 Å². The predicted octanol–water partition coefficient (Wildman–Crippen LogP) is 6.19. The number of benzene rings is 2. The molecule has 2 N–H and O–H groups in total. The van der Waals surface area contributed by atoms with E-state index < -0.39 is 21.7 Å². The van der Waals surface area contributed by atoms with E-state index in [0.717, 1.165) is 33.1 Å². The minimum atomic E-state index is -4.11. The molecule has 0 unspecified atom stereocenters. The highest BCUT2D eigenvalue weighted by molar-refractivity contribution is 7.93. The van der Waals surface area contributed by atoms with Gasteiger partial charge in [-0.3, -0.25) is 9.97 Å². The molecule has 2 aromatic carbocycles. The molecule has 1 amide bonds. The number of nitrogens with one attached hydrogen (secondary N) is 2. The van der Waals surface area contributed by atoms with E-state index in [4.69, 9.17) is 14.7 Å². The molecule has 5 aromatic rings. The Balaban J connectivity index is 1.50. The molecule has 5 rings (SSSR count). The molecule has 0 saturated heterocycles. The molecule has 0 aliphatic carbocycles. The van der Waals surface area contributed by atoms with E-state index in [-0.39, 0.29) is 0 Å². The van der Waals surface area contributed by atoms with Crippen LogP contribution in [0.5, 0.6) is 0 Å². The number of hydrogen-bond acceptors (Lipinski definition) is 9. The largest absolute Gasteiger partial charge is 0.443 e. The number of carbonyl (C=O) groups is 1. The maximum absolute atomic E-state index is 12.4. The average molecular weight is 595 g/mol. The number of fused-ring (bicyclic) bond motifs is 1. The number of anilines is 1. The Morgan fingerprint density at radius 3 is 2.47 bits per heavy atom. The van der Waals surface area contributed by atoms with Crippen molar-refractivity contribution < 1.29 is 17.9 Å². The van der Waals surface area contributed by atoms with Crippen molar-refractivity contribution in [1.29, 1.82) is 0 Å². The zero-order chi connectivity index (χ0) is 30.5. The lowest BCUT2D eigenvalue weighted by Gasteiger charge is -2.19. The summed E-state index contributed by atoms with van der Waals surface area (Å²) in [7, 11) is -4.11. The first-order valence-corrected chi connectivity index (χ1v) is 15.0. The minimum absolute atomic E-state index is 0.402. The molecule has 3 aromatic heterocycles.